The van der Waals surface area contributed by atoms with Gasteiger partial charge in [-0.05, 0) is 19.9 Å². The van der Waals surface area contributed by atoms with Gasteiger partial charge in [-0.3, -0.25) is 9.48 Å². The molecule has 0 bridgehead atoms. The molecule has 0 aliphatic heterocycles. The molecular formula is C13H12F2N2O3. The Balaban J connectivity index is 2.81. The molecule has 1 aromatic carbocycles. The Morgan fingerprint density at radius 2 is 1.95 bits per heavy atom. The first-order chi connectivity index (χ1) is 9.49. The van der Waals surface area contributed by atoms with E-state index in [9.17, 15) is 18.4 Å². The fourth-order valence-electron chi connectivity index (χ4n) is 1.85. The van der Waals surface area contributed by atoms with Crippen molar-refractivity contribution in [2.45, 2.75) is 20.4 Å². The summed E-state index contributed by atoms with van der Waals surface area (Å²) in [5.74, 6) is -3.12. The van der Waals surface area contributed by atoms with Crippen LogP contribution in [0.5, 0.6) is 0 Å². The fraction of sp³-hybridized carbons (Fsp3) is 0.308. The number of aryl methyl sites for hydroxylation is 1. The third-order valence-corrected chi connectivity index (χ3v) is 2.77. The highest BCUT2D eigenvalue weighted by molar-refractivity contribution is 5.91. The normalized spacial score (nSPS) is 10.8. The van der Waals surface area contributed by atoms with E-state index < -0.39 is 28.7 Å². The van der Waals surface area contributed by atoms with Gasteiger partial charge in [0.05, 0.1) is 17.5 Å². The molecule has 0 atom stereocenters. The predicted molar refractivity (Wildman–Crippen MR) is 67.5 cm³/mol. The Hall–Kier alpha value is -2.31. The van der Waals surface area contributed by atoms with E-state index >= 15 is 0 Å². The zero-order valence-electron chi connectivity index (χ0n) is 10.9. The van der Waals surface area contributed by atoms with Crippen LogP contribution in [0.2, 0.25) is 0 Å². The number of esters is 1. The molecule has 0 spiro atoms. The highest BCUT2D eigenvalue weighted by Gasteiger charge is 2.19. The smallest absolute Gasteiger partial charge is 0.362 e. The first-order valence-electron chi connectivity index (χ1n) is 6.06. The molecule has 0 amide bonds. The zero-order chi connectivity index (χ0) is 14.9. The van der Waals surface area contributed by atoms with E-state index in [1.54, 1.807) is 13.8 Å². The van der Waals surface area contributed by atoms with Gasteiger partial charge in [-0.2, -0.15) is 5.10 Å². The minimum absolute atomic E-state index is 0.0852. The van der Waals surface area contributed by atoms with E-state index in [1.807, 2.05) is 0 Å². The minimum Gasteiger partial charge on any atom is -0.461 e. The van der Waals surface area contributed by atoms with Crippen LogP contribution in [0.15, 0.2) is 16.9 Å². The maximum absolute atomic E-state index is 13.3. The van der Waals surface area contributed by atoms with E-state index in [1.165, 1.54) is 4.68 Å². The first-order valence-corrected chi connectivity index (χ1v) is 6.06. The molecule has 0 saturated carbocycles. The van der Waals surface area contributed by atoms with E-state index in [-0.39, 0.29) is 24.1 Å². The van der Waals surface area contributed by atoms with E-state index in [2.05, 4.69) is 5.10 Å². The van der Waals surface area contributed by atoms with Crippen molar-refractivity contribution >= 4 is 16.9 Å². The summed E-state index contributed by atoms with van der Waals surface area (Å²) in [6.07, 6.45) is 0. The van der Waals surface area contributed by atoms with Gasteiger partial charge >= 0.3 is 5.97 Å². The third kappa shape index (κ3) is 2.26. The predicted octanol–water partition coefficient (Wildman–Crippen LogP) is 1.87. The van der Waals surface area contributed by atoms with Gasteiger partial charge in [-0.15, -0.1) is 0 Å². The number of halogens is 2. The number of carbonyl (C=O) groups is 1. The largest absolute Gasteiger partial charge is 0.461 e. The van der Waals surface area contributed by atoms with Crippen molar-refractivity contribution in [2.24, 2.45) is 0 Å². The Kier molecular flexibility index (Phi) is 3.78. The molecule has 106 valence electrons. The van der Waals surface area contributed by atoms with Crippen molar-refractivity contribution in [1.29, 1.82) is 0 Å². The number of hydrogen-bond donors (Lipinski definition) is 0. The van der Waals surface area contributed by atoms with Gasteiger partial charge in [-0.25, -0.2) is 13.6 Å². The van der Waals surface area contributed by atoms with Gasteiger partial charge < -0.3 is 4.74 Å². The molecule has 0 unspecified atom stereocenters. The van der Waals surface area contributed by atoms with E-state index in [0.29, 0.717) is 0 Å². The molecule has 20 heavy (non-hydrogen) atoms. The number of benzene rings is 1. The molecule has 2 aromatic rings. The molecule has 0 saturated heterocycles. The second-order valence-electron chi connectivity index (χ2n) is 4.00. The molecule has 2 rings (SSSR count). The molecule has 0 aliphatic rings. The van der Waals surface area contributed by atoms with Gasteiger partial charge in [0.25, 0.3) is 0 Å². The van der Waals surface area contributed by atoms with Gasteiger partial charge in [0.1, 0.15) is 0 Å². The molecule has 0 N–H and O–H groups in total. The summed E-state index contributed by atoms with van der Waals surface area (Å²) in [5, 5.41) is 3.74. The van der Waals surface area contributed by atoms with Crippen LogP contribution in [0.4, 0.5) is 8.78 Å². The number of aromatic nitrogens is 2. The van der Waals surface area contributed by atoms with Crippen LogP contribution >= 0.6 is 0 Å². The lowest BCUT2D eigenvalue weighted by molar-refractivity contribution is 0.0515. The summed E-state index contributed by atoms with van der Waals surface area (Å²) in [6, 6.07) is 1.65. The van der Waals surface area contributed by atoms with Crippen LogP contribution in [-0.4, -0.2) is 22.4 Å². The molecule has 7 heteroatoms. The van der Waals surface area contributed by atoms with Crippen LogP contribution in [0.1, 0.15) is 24.3 Å². The van der Waals surface area contributed by atoms with E-state index in [0.717, 1.165) is 12.1 Å². The maximum Gasteiger partial charge on any atom is 0.362 e. The van der Waals surface area contributed by atoms with E-state index in [4.69, 9.17) is 4.74 Å². The lowest BCUT2D eigenvalue weighted by Gasteiger charge is -2.10. The second-order valence-corrected chi connectivity index (χ2v) is 4.00. The monoisotopic (exact) mass is 282 g/mol. The summed E-state index contributed by atoms with van der Waals surface area (Å²) in [4.78, 5) is 23.8. The highest BCUT2D eigenvalue weighted by Crippen LogP contribution is 2.16. The van der Waals surface area contributed by atoms with Crippen LogP contribution in [0, 0.1) is 11.6 Å². The van der Waals surface area contributed by atoms with Gasteiger partial charge in [0, 0.05) is 12.6 Å². The molecule has 0 radical (unpaired) electrons. The quantitative estimate of drug-likeness (QED) is 0.806. The van der Waals surface area contributed by atoms with Crippen LogP contribution in [-0.2, 0) is 11.3 Å². The zero-order valence-corrected chi connectivity index (χ0v) is 10.9. The molecular weight excluding hydrogens is 270 g/mol. The Labute approximate surface area is 112 Å². The number of nitrogens with zero attached hydrogens (tertiary/aromatic N) is 2. The number of ether oxygens (including phenoxy) is 1. The van der Waals surface area contributed by atoms with Crippen molar-refractivity contribution in [1.82, 2.24) is 9.78 Å². The number of rotatable bonds is 3. The lowest BCUT2D eigenvalue weighted by atomic mass is 10.2. The number of fused-ring (bicyclic) bond motifs is 1. The third-order valence-electron chi connectivity index (χ3n) is 2.77. The van der Waals surface area contributed by atoms with Gasteiger partial charge in [0.2, 0.25) is 11.1 Å². The molecule has 0 fully saturated rings. The van der Waals surface area contributed by atoms with Crippen LogP contribution in [0.25, 0.3) is 10.9 Å². The topological polar surface area (TPSA) is 61.2 Å². The second kappa shape index (κ2) is 5.36. The SMILES string of the molecule is CCOC(=O)c1nn(CC)c2cc(F)c(F)cc2c1=O. The van der Waals surface area contributed by atoms with Crippen molar-refractivity contribution in [2.75, 3.05) is 6.61 Å². The molecule has 1 heterocycles. The molecule has 1 aromatic heterocycles. The number of hydrogen-bond acceptors (Lipinski definition) is 4. The molecule has 5 nitrogen and oxygen atoms in total. The lowest BCUT2D eigenvalue weighted by Crippen LogP contribution is -2.24. The van der Waals surface area contributed by atoms with Crippen molar-refractivity contribution < 1.29 is 18.3 Å². The fourth-order valence-corrected chi connectivity index (χ4v) is 1.85. The Bertz CT molecular complexity index is 740. The minimum atomic E-state index is -1.15. The standard InChI is InChI=1S/C13H12F2N2O3/c1-3-17-10-6-9(15)8(14)5-7(10)12(18)11(16-17)13(19)20-4-2/h5-6H,3-4H2,1-2H3. The summed E-state index contributed by atoms with van der Waals surface area (Å²) in [6.45, 7) is 3.66. The van der Waals surface area contributed by atoms with Crippen LogP contribution < -0.4 is 5.43 Å². The number of carbonyl (C=O) groups excluding carboxylic acids is 1. The van der Waals surface area contributed by atoms with Crippen molar-refractivity contribution in [3.8, 4) is 0 Å². The Morgan fingerprint density at radius 3 is 2.55 bits per heavy atom. The molecule has 0 aliphatic carbocycles. The average Bonchev–Trinajstić information content (AvgIpc) is 2.42. The highest BCUT2D eigenvalue weighted by atomic mass is 19.2. The Morgan fingerprint density at radius 1 is 1.30 bits per heavy atom. The van der Waals surface area contributed by atoms with Crippen molar-refractivity contribution in [3.05, 3.63) is 39.7 Å². The maximum atomic E-state index is 13.3. The van der Waals surface area contributed by atoms with Gasteiger partial charge in [-0.1, -0.05) is 0 Å². The van der Waals surface area contributed by atoms with Gasteiger partial charge in [0.15, 0.2) is 11.6 Å². The summed E-state index contributed by atoms with van der Waals surface area (Å²) < 4.78 is 32.5. The summed E-state index contributed by atoms with van der Waals surface area (Å²) >= 11 is 0. The summed E-state index contributed by atoms with van der Waals surface area (Å²) in [7, 11) is 0. The average molecular weight is 282 g/mol. The summed E-state index contributed by atoms with van der Waals surface area (Å²) in [5.41, 5.74) is -1.08. The first kappa shape index (κ1) is 14.1. The van der Waals surface area contributed by atoms with Crippen molar-refractivity contribution in [3.63, 3.8) is 0 Å². The van der Waals surface area contributed by atoms with Crippen LogP contribution in [0.3, 0.4) is 0 Å².